The molecule has 3 aromatic rings. The van der Waals surface area contributed by atoms with Crippen molar-refractivity contribution in [1.82, 2.24) is 5.32 Å². The lowest BCUT2D eigenvalue weighted by atomic mass is 10.0. The Morgan fingerprint density at radius 1 is 0.808 bits per heavy atom. The maximum absolute atomic E-state index is 5.69. The lowest BCUT2D eigenvalue weighted by Gasteiger charge is -2.21. The Bertz CT molecular complexity index is 876. The molecular formula is C23H23NO2. The molecule has 0 aliphatic carbocycles. The van der Waals surface area contributed by atoms with Gasteiger partial charge in [-0.15, -0.1) is 0 Å². The predicted molar refractivity (Wildman–Crippen MR) is 105 cm³/mol. The molecule has 1 heterocycles. The van der Waals surface area contributed by atoms with Gasteiger partial charge in [0.05, 0.1) is 0 Å². The summed E-state index contributed by atoms with van der Waals surface area (Å²) in [7, 11) is 0. The van der Waals surface area contributed by atoms with Crippen LogP contribution in [0.25, 0.3) is 11.1 Å². The van der Waals surface area contributed by atoms with Gasteiger partial charge in [-0.3, -0.25) is 0 Å². The molecule has 0 bridgehead atoms. The van der Waals surface area contributed by atoms with Crippen molar-refractivity contribution in [3.8, 4) is 22.6 Å². The second-order valence-electron chi connectivity index (χ2n) is 6.57. The number of benzene rings is 3. The molecule has 3 heteroatoms. The second-order valence-corrected chi connectivity index (χ2v) is 6.57. The molecule has 0 spiro atoms. The number of hydrogen-bond donors (Lipinski definition) is 1. The van der Waals surface area contributed by atoms with E-state index in [-0.39, 0.29) is 6.04 Å². The molecule has 4 rings (SSSR count). The Kier molecular flexibility index (Phi) is 4.89. The van der Waals surface area contributed by atoms with Crippen LogP contribution >= 0.6 is 0 Å². The fraction of sp³-hybridized carbons (Fsp3) is 0.217. The van der Waals surface area contributed by atoms with Crippen molar-refractivity contribution >= 4 is 0 Å². The fourth-order valence-corrected chi connectivity index (χ4v) is 3.21. The highest BCUT2D eigenvalue weighted by Crippen LogP contribution is 2.32. The van der Waals surface area contributed by atoms with Crippen LogP contribution in [0.4, 0.5) is 0 Å². The molecule has 1 atom stereocenters. The first-order valence-electron chi connectivity index (χ1n) is 9.07. The zero-order valence-corrected chi connectivity index (χ0v) is 14.9. The number of fused-ring (bicyclic) bond motifs is 1. The van der Waals surface area contributed by atoms with Gasteiger partial charge in [0.1, 0.15) is 13.2 Å². The molecule has 0 fully saturated rings. The summed E-state index contributed by atoms with van der Waals surface area (Å²) in [6.07, 6.45) is 0. The first-order valence-corrected chi connectivity index (χ1v) is 9.07. The molecular weight excluding hydrogens is 322 g/mol. The molecule has 0 amide bonds. The Balaban J connectivity index is 1.44. The van der Waals surface area contributed by atoms with Crippen molar-refractivity contribution in [2.75, 3.05) is 13.2 Å². The topological polar surface area (TPSA) is 30.5 Å². The van der Waals surface area contributed by atoms with E-state index in [1.807, 2.05) is 12.1 Å². The van der Waals surface area contributed by atoms with Gasteiger partial charge >= 0.3 is 0 Å². The van der Waals surface area contributed by atoms with Crippen LogP contribution in [0.1, 0.15) is 24.1 Å². The normalized spacial score (nSPS) is 14.0. The number of hydrogen-bond acceptors (Lipinski definition) is 3. The van der Waals surface area contributed by atoms with E-state index < -0.39 is 0 Å². The summed E-state index contributed by atoms with van der Waals surface area (Å²) in [5.74, 6) is 1.68. The average molecular weight is 345 g/mol. The van der Waals surface area contributed by atoms with Crippen molar-refractivity contribution in [3.05, 3.63) is 83.9 Å². The molecule has 0 unspecified atom stereocenters. The quantitative estimate of drug-likeness (QED) is 0.708. The maximum Gasteiger partial charge on any atom is 0.161 e. The van der Waals surface area contributed by atoms with Crippen LogP contribution in [0.5, 0.6) is 11.5 Å². The zero-order chi connectivity index (χ0) is 17.8. The first-order chi connectivity index (χ1) is 12.8. The number of nitrogens with one attached hydrogen (secondary N) is 1. The van der Waals surface area contributed by atoms with Crippen molar-refractivity contribution in [3.63, 3.8) is 0 Å². The highest BCUT2D eigenvalue weighted by atomic mass is 16.6. The summed E-state index contributed by atoms with van der Waals surface area (Å²) in [6.45, 7) is 4.23. The summed E-state index contributed by atoms with van der Waals surface area (Å²) < 4.78 is 11.3. The van der Waals surface area contributed by atoms with Crippen molar-refractivity contribution in [1.29, 1.82) is 0 Å². The van der Waals surface area contributed by atoms with E-state index in [4.69, 9.17) is 9.47 Å². The van der Waals surface area contributed by atoms with Gasteiger partial charge in [0.15, 0.2) is 11.5 Å². The largest absolute Gasteiger partial charge is 0.486 e. The van der Waals surface area contributed by atoms with Crippen molar-refractivity contribution < 1.29 is 9.47 Å². The molecule has 1 N–H and O–H groups in total. The van der Waals surface area contributed by atoms with Gasteiger partial charge in [-0.05, 0) is 47.4 Å². The van der Waals surface area contributed by atoms with Crippen LogP contribution in [0.3, 0.4) is 0 Å². The average Bonchev–Trinajstić information content (AvgIpc) is 2.72. The SMILES string of the molecule is C[C@@H](NCc1cccc(-c2ccccc2)c1)c1ccc2c(c1)OCCO2. The van der Waals surface area contributed by atoms with Crippen LogP contribution in [-0.2, 0) is 6.54 Å². The third-order valence-corrected chi connectivity index (χ3v) is 4.71. The molecule has 0 aromatic heterocycles. The lowest BCUT2D eigenvalue weighted by molar-refractivity contribution is 0.171. The molecule has 132 valence electrons. The molecule has 0 radical (unpaired) electrons. The Morgan fingerprint density at radius 3 is 2.42 bits per heavy atom. The number of rotatable bonds is 5. The van der Waals surface area contributed by atoms with E-state index in [0.717, 1.165) is 18.0 Å². The summed E-state index contributed by atoms with van der Waals surface area (Å²) >= 11 is 0. The Labute approximate surface area is 154 Å². The maximum atomic E-state index is 5.69. The van der Waals surface area contributed by atoms with Gasteiger partial charge in [-0.1, -0.05) is 54.6 Å². The standard InChI is InChI=1S/C23H23NO2/c1-17(20-10-11-22-23(15-20)26-13-12-25-22)24-16-18-6-5-9-21(14-18)19-7-3-2-4-8-19/h2-11,14-15,17,24H,12-13,16H2,1H3/t17-/m1/s1. The van der Waals surface area contributed by atoms with Gasteiger partial charge in [0.2, 0.25) is 0 Å². The molecule has 3 nitrogen and oxygen atoms in total. The minimum atomic E-state index is 0.228. The van der Waals surface area contributed by atoms with Gasteiger partial charge in [0, 0.05) is 12.6 Å². The third kappa shape index (κ3) is 3.73. The Hall–Kier alpha value is -2.78. The van der Waals surface area contributed by atoms with E-state index in [9.17, 15) is 0 Å². The van der Waals surface area contributed by atoms with Crippen LogP contribution in [0, 0.1) is 0 Å². The smallest absolute Gasteiger partial charge is 0.161 e. The minimum absolute atomic E-state index is 0.228. The summed E-state index contributed by atoms with van der Waals surface area (Å²) in [5, 5.41) is 3.60. The summed E-state index contributed by atoms with van der Waals surface area (Å²) in [6, 6.07) is 25.6. The second kappa shape index (κ2) is 7.63. The monoisotopic (exact) mass is 345 g/mol. The van der Waals surface area contributed by atoms with Gasteiger partial charge in [-0.25, -0.2) is 0 Å². The predicted octanol–water partition coefficient (Wildman–Crippen LogP) is 4.98. The van der Waals surface area contributed by atoms with Crippen molar-refractivity contribution in [2.24, 2.45) is 0 Å². The Morgan fingerprint density at radius 2 is 1.58 bits per heavy atom. The van der Waals surface area contributed by atoms with Gasteiger partial charge < -0.3 is 14.8 Å². The first kappa shape index (κ1) is 16.7. The van der Waals surface area contributed by atoms with Crippen LogP contribution in [0.2, 0.25) is 0 Å². The van der Waals surface area contributed by atoms with E-state index in [1.165, 1.54) is 22.3 Å². The fourth-order valence-electron chi connectivity index (χ4n) is 3.21. The number of ether oxygens (including phenoxy) is 2. The molecule has 0 saturated heterocycles. The summed E-state index contributed by atoms with van der Waals surface area (Å²) in [5.41, 5.74) is 4.97. The zero-order valence-electron chi connectivity index (χ0n) is 14.9. The van der Waals surface area contributed by atoms with E-state index in [0.29, 0.717) is 13.2 Å². The highest BCUT2D eigenvalue weighted by molar-refractivity contribution is 5.63. The van der Waals surface area contributed by atoms with Crippen LogP contribution in [0.15, 0.2) is 72.8 Å². The van der Waals surface area contributed by atoms with Crippen LogP contribution in [-0.4, -0.2) is 13.2 Å². The van der Waals surface area contributed by atoms with Crippen LogP contribution < -0.4 is 14.8 Å². The summed E-state index contributed by atoms with van der Waals surface area (Å²) in [4.78, 5) is 0. The molecule has 1 aliphatic heterocycles. The highest BCUT2D eigenvalue weighted by Gasteiger charge is 2.14. The van der Waals surface area contributed by atoms with E-state index >= 15 is 0 Å². The molecule has 1 aliphatic rings. The van der Waals surface area contributed by atoms with E-state index in [1.54, 1.807) is 0 Å². The molecule has 26 heavy (non-hydrogen) atoms. The van der Waals surface area contributed by atoms with Gasteiger partial charge in [0.25, 0.3) is 0 Å². The third-order valence-electron chi connectivity index (χ3n) is 4.71. The van der Waals surface area contributed by atoms with E-state index in [2.05, 4.69) is 72.9 Å². The lowest BCUT2D eigenvalue weighted by Crippen LogP contribution is -2.19. The van der Waals surface area contributed by atoms with Crippen molar-refractivity contribution in [2.45, 2.75) is 19.5 Å². The minimum Gasteiger partial charge on any atom is -0.486 e. The van der Waals surface area contributed by atoms with Gasteiger partial charge in [-0.2, -0.15) is 0 Å². The molecule has 3 aromatic carbocycles. The molecule has 0 saturated carbocycles.